The van der Waals surface area contributed by atoms with Crippen LogP contribution < -0.4 is 4.90 Å². The lowest BCUT2D eigenvalue weighted by atomic mass is 9.63. The van der Waals surface area contributed by atoms with Gasteiger partial charge in [-0.15, -0.1) is 0 Å². The minimum absolute atomic E-state index is 0.0910. The third kappa shape index (κ3) is 6.26. The van der Waals surface area contributed by atoms with Gasteiger partial charge in [-0.05, 0) is 132 Å². The van der Waals surface area contributed by atoms with Crippen LogP contribution in [0.5, 0.6) is 0 Å². The summed E-state index contributed by atoms with van der Waals surface area (Å²) >= 11 is 0. The standard InChI is InChI=1S/C50H45NO3/c1-49(2)26-25-39-37(29-49)30-50(3,4)47-42(39)23-19-35-27-36(28-43(45(35)47)33-16-20-38(21-17-33)51(5)6)41-22-18-32-9-7-8-10-40(32)46(41)44(52)24-13-31-11-14-34(15-12-31)48(53)54/h7-28H,29-30H2,1-6H3,(H,53,54)/b24-13+. The number of rotatable bonds is 7. The molecule has 0 heterocycles. The van der Waals surface area contributed by atoms with Crippen LogP contribution in [-0.4, -0.2) is 31.0 Å². The van der Waals surface area contributed by atoms with Gasteiger partial charge in [0.2, 0.25) is 0 Å². The first-order valence-corrected chi connectivity index (χ1v) is 18.7. The summed E-state index contributed by atoms with van der Waals surface area (Å²) < 4.78 is 0. The van der Waals surface area contributed by atoms with Gasteiger partial charge in [0.1, 0.15) is 0 Å². The molecule has 2 aliphatic carbocycles. The van der Waals surface area contributed by atoms with Crippen LogP contribution in [0.25, 0.3) is 55.4 Å². The number of hydrogen-bond donors (Lipinski definition) is 1. The summed E-state index contributed by atoms with van der Waals surface area (Å²) in [7, 11) is 4.12. The van der Waals surface area contributed by atoms with Crippen LogP contribution in [0.4, 0.5) is 5.69 Å². The summed E-state index contributed by atoms with van der Waals surface area (Å²) in [5.74, 6) is -1.09. The molecule has 4 heteroatoms. The van der Waals surface area contributed by atoms with Crippen molar-refractivity contribution in [2.75, 3.05) is 19.0 Å². The molecule has 0 saturated heterocycles. The fraction of sp³-hybridized carbons (Fsp3) is 0.200. The molecule has 0 radical (unpaired) electrons. The Morgan fingerprint density at radius 3 is 2.15 bits per heavy atom. The Morgan fingerprint density at radius 1 is 0.722 bits per heavy atom. The SMILES string of the molecule is CN(C)c1ccc(-c2cc(-c3ccc4ccccc4c3C(=O)/C=C/c3ccc(C(=O)O)cc3)cc3ccc4c(c23)C(C)(C)CC2=C4C=CC(C)(C)C2)cc1. The molecular formula is C50H45NO3. The monoisotopic (exact) mass is 707 g/mol. The fourth-order valence-corrected chi connectivity index (χ4v) is 8.68. The molecule has 268 valence electrons. The molecule has 0 atom stereocenters. The third-order valence-corrected chi connectivity index (χ3v) is 11.3. The predicted octanol–water partition coefficient (Wildman–Crippen LogP) is 12.4. The van der Waals surface area contributed by atoms with Gasteiger partial charge in [0, 0.05) is 25.3 Å². The highest BCUT2D eigenvalue weighted by atomic mass is 16.4. The summed E-state index contributed by atoms with van der Waals surface area (Å²) in [6.07, 6.45) is 10.2. The van der Waals surface area contributed by atoms with Gasteiger partial charge in [0.25, 0.3) is 0 Å². The Bertz CT molecular complexity index is 2600. The van der Waals surface area contributed by atoms with Crippen molar-refractivity contribution in [3.8, 4) is 22.3 Å². The summed E-state index contributed by atoms with van der Waals surface area (Å²) in [4.78, 5) is 27.9. The number of carbonyl (C=O) groups is 2. The van der Waals surface area contributed by atoms with E-state index in [9.17, 15) is 14.7 Å². The van der Waals surface area contributed by atoms with E-state index in [-0.39, 0.29) is 22.2 Å². The topological polar surface area (TPSA) is 57.6 Å². The predicted molar refractivity (Wildman–Crippen MR) is 226 cm³/mol. The van der Waals surface area contributed by atoms with E-state index in [1.54, 1.807) is 36.4 Å². The van der Waals surface area contributed by atoms with Crippen molar-refractivity contribution >= 4 is 50.6 Å². The molecule has 8 rings (SSSR count). The van der Waals surface area contributed by atoms with E-state index in [2.05, 4.69) is 120 Å². The third-order valence-electron chi connectivity index (χ3n) is 11.3. The molecule has 0 unspecified atom stereocenters. The molecule has 0 bridgehead atoms. The van der Waals surface area contributed by atoms with E-state index in [1.165, 1.54) is 27.7 Å². The van der Waals surface area contributed by atoms with E-state index in [0.717, 1.165) is 62.5 Å². The van der Waals surface area contributed by atoms with Crippen LogP contribution >= 0.6 is 0 Å². The van der Waals surface area contributed by atoms with Crippen molar-refractivity contribution in [1.82, 2.24) is 0 Å². The molecule has 6 aromatic rings. The van der Waals surface area contributed by atoms with Gasteiger partial charge in [-0.25, -0.2) is 4.79 Å². The molecule has 4 nitrogen and oxygen atoms in total. The van der Waals surface area contributed by atoms with Crippen LogP contribution in [0.3, 0.4) is 0 Å². The number of aromatic carboxylic acids is 1. The average Bonchev–Trinajstić information content (AvgIpc) is 3.15. The number of anilines is 1. The van der Waals surface area contributed by atoms with Crippen LogP contribution in [0.2, 0.25) is 0 Å². The molecule has 0 saturated carbocycles. The van der Waals surface area contributed by atoms with Gasteiger partial charge in [-0.1, -0.05) is 124 Å². The van der Waals surface area contributed by atoms with Crippen LogP contribution in [0.15, 0.2) is 133 Å². The zero-order valence-corrected chi connectivity index (χ0v) is 31.8. The molecule has 0 amide bonds. The fourth-order valence-electron chi connectivity index (χ4n) is 8.68. The molecule has 0 aliphatic heterocycles. The van der Waals surface area contributed by atoms with E-state index < -0.39 is 5.97 Å². The molecule has 2 aliphatic rings. The van der Waals surface area contributed by atoms with Gasteiger partial charge >= 0.3 is 5.97 Å². The number of carbonyl (C=O) groups excluding carboxylic acids is 1. The second-order valence-electron chi connectivity index (χ2n) is 16.5. The first-order chi connectivity index (χ1) is 25.8. The molecule has 0 spiro atoms. The van der Waals surface area contributed by atoms with Crippen molar-refractivity contribution in [1.29, 1.82) is 0 Å². The number of hydrogen-bond acceptors (Lipinski definition) is 3. The van der Waals surface area contributed by atoms with Gasteiger partial charge in [0.05, 0.1) is 5.56 Å². The Balaban J connectivity index is 1.35. The highest BCUT2D eigenvalue weighted by molar-refractivity contribution is 6.19. The quantitative estimate of drug-likeness (QED) is 0.133. The van der Waals surface area contributed by atoms with Gasteiger partial charge in [-0.3, -0.25) is 4.79 Å². The minimum Gasteiger partial charge on any atom is -0.478 e. The first-order valence-electron chi connectivity index (χ1n) is 18.7. The zero-order chi connectivity index (χ0) is 37.9. The number of nitrogens with zero attached hydrogens (tertiary/aromatic N) is 1. The summed E-state index contributed by atoms with van der Waals surface area (Å²) in [5.41, 5.74) is 12.6. The summed E-state index contributed by atoms with van der Waals surface area (Å²) in [5, 5.41) is 13.6. The number of allylic oxidation sites excluding steroid dienone is 5. The number of carboxylic acids is 1. The van der Waals surface area contributed by atoms with E-state index in [1.807, 2.05) is 24.3 Å². The van der Waals surface area contributed by atoms with E-state index >= 15 is 0 Å². The van der Waals surface area contributed by atoms with Gasteiger partial charge < -0.3 is 10.0 Å². The number of ketones is 1. The average molecular weight is 708 g/mol. The molecular weight excluding hydrogens is 663 g/mol. The number of fused-ring (bicyclic) bond motifs is 5. The lowest BCUT2D eigenvalue weighted by Gasteiger charge is -2.40. The second-order valence-corrected chi connectivity index (χ2v) is 16.5. The van der Waals surface area contributed by atoms with Crippen LogP contribution in [0.1, 0.15) is 77.9 Å². The van der Waals surface area contributed by atoms with Crippen LogP contribution in [-0.2, 0) is 5.41 Å². The largest absolute Gasteiger partial charge is 0.478 e. The Hall–Kier alpha value is -6.00. The lowest BCUT2D eigenvalue weighted by molar-refractivity contribution is 0.0696. The normalized spacial score (nSPS) is 15.7. The smallest absolute Gasteiger partial charge is 0.335 e. The van der Waals surface area contributed by atoms with Crippen LogP contribution in [0, 0.1) is 5.41 Å². The maximum atomic E-state index is 14.4. The van der Waals surface area contributed by atoms with Crippen molar-refractivity contribution < 1.29 is 14.7 Å². The van der Waals surface area contributed by atoms with Crippen molar-refractivity contribution in [3.05, 3.63) is 161 Å². The molecule has 54 heavy (non-hydrogen) atoms. The molecule has 0 fully saturated rings. The van der Waals surface area contributed by atoms with Gasteiger partial charge in [0.15, 0.2) is 5.78 Å². The van der Waals surface area contributed by atoms with Crippen molar-refractivity contribution in [3.63, 3.8) is 0 Å². The Kier molecular flexibility index (Phi) is 8.53. The van der Waals surface area contributed by atoms with Crippen molar-refractivity contribution in [2.45, 2.75) is 46.0 Å². The number of benzene rings is 6. The maximum absolute atomic E-state index is 14.4. The summed E-state index contributed by atoms with van der Waals surface area (Å²) in [6.45, 7) is 9.45. The highest BCUT2D eigenvalue weighted by Crippen LogP contribution is 2.53. The Labute approximate surface area is 317 Å². The summed E-state index contributed by atoms with van der Waals surface area (Å²) in [6, 6.07) is 36.7. The maximum Gasteiger partial charge on any atom is 0.335 e. The van der Waals surface area contributed by atoms with E-state index in [0.29, 0.717) is 5.56 Å². The first kappa shape index (κ1) is 35.1. The minimum atomic E-state index is -0.980. The van der Waals surface area contributed by atoms with E-state index in [4.69, 9.17) is 0 Å². The number of carboxylic acid groups (broad SMARTS) is 1. The Morgan fingerprint density at radius 2 is 1.43 bits per heavy atom. The lowest BCUT2D eigenvalue weighted by Crippen LogP contribution is -2.28. The molecule has 6 aromatic carbocycles. The molecule has 0 aromatic heterocycles. The molecule has 1 N–H and O–H groups in total. The van der Waals surface area contributed by atoms with Crippen molar-refractivity contribution in [2.24, 2.45) is 5.41 Å². The second kappa shape index (κ2) is 13.1. The zero-order valence-electron chi connectivity index (χ0n) is 31.8. The van der Waals surface area contributed by atoms with Gasteiger partial charge in [-0.2, -0.15) is 0 Å². The highest BCUT2D eigenvalue weighted by Gasteiger charge is 2.37.